The zero-order valence-corrected chi connectivity index (χ0v) is 7.46. The van der Waals surface area contributed by atoms with Crippen molar-refractivity contribution in [2.45, 2.75) is 25.2 Å². The Bertz CT molecular complexity index is 393. The number of para-hydroxylation sites is 2. The van der Waals surface area contributed by atoms with Crippen molar-refractivity contribution in [3.8, 4) is 0 Å². The summed E-state index contributed by atoms with van der Waals surface area (Å²) in [5.41, 5.74) is 2.27. The second kappa shape index (κ2) is 2.59. The first-order chi connectivity index (χ1) is 6.43. The van der Waals surface area contributed by atoms with Crippen LogP contribution in [0.15, 0.2) is 24.3 Å². The number of rotatable bonds is 1. The minimum atomic E-state index is 0.701. The summed E-state index contributed by atoms with van der Waals surface area (Å²) in [6.07, 6.45) is 3.97. The number of hydrogen-bond donors (Lipinski definition) is 1. The van der Waals surface area contributed by atoms with Crippen LogP contribution in [0.25, 0.3) is 11.0 Å². The van der Waals surface area contributed by atoms with E-state index in [1.54, 1.807) is 0 Å². The van der Waals surface area contributed by atoms with E-state index in [0.717, 1.165) is 5.52 Å². The van der Waals surface area contributed by atoms with Gasteiger partial charge in [0.15, 0.2) is 0 Å². The van der Waals surface area contributed by atoms with E-state index < -0.39 is 0 Å². The lowest BCUT2D eigenvalue weighted by Crippen LogP contribution is -2.10. The van der Waals surface area contributed by atoms with Gasteiger partial charge in [-0.05, 0) is 25.0 Å². The van der Waals surface area contributed by atoms with Gasteiger partial charge in [0.1, 0.15) is 5.82 Å². The van der Waals surface area contributed by atoms with Gasteiger partial charge in [0.25, 0.3) is 0 Å². The molecule has 1 aliphatic rings. The predicted octanol–water partition coefficient (Wildman–Crippen LogP) is 2.83. The molecule has 0 aliphatic heterocycles. The number of aromatic amines is 1. The smallest absolute Gasteiger partial charge is 0.110 e. The summed E-state index contributed by atoms with van der Waals surface area (Å²) in [6, 6.07) is 8.23. The molecule has 1 aromatic carbocycles. The third-order valence-electron chi connectivity index (χ3n) is 2.90. The number of nitrogens with one attached hydrogen (secondary N) is 1. The van der Waals surface area contributed by atoms with Gasteiger partial charge in [-0.25, -0.2) is 4.98 Å². The lowest BCUT2D eigenvalue weighted by atomic mass is 9.85. The van der Waals surface area contributed by atoms with Gasteiger partial charge in [-0.2, -0.15) is 0 Å². The molecule has 3 rings (SSSR count). The average Bonchev–Trinajstić information content (AvgIpc) is 2.43. The topological polar surface area (TPSA) is 28.7 Å². The quantitative estimate of drug-likeness (QED) is 0.704. The van der Waals surface area contributed by atoms with Crippen LogP contribution >= 0.6 is 0 Å². The van der Waals surface area contributed by atoms with Crippen molar-refractivity contribution in [1.29, 1.82) is 0 Å². The molecule has 0 unspecified atom stereocenters. The average molecular weight is 172 g/mol. The van der Waals surface area contributed by atoms with Crippen LogP contribution < -0.4 is 0 Å². The molecule has 2 nitrogen and oxygen atoms in total. The zero-order chi connectivity index (χ0) is 8.67. The Morgan fingerprint density at radius 1 is 1.23 bits per heavy atom. The van der Waals surface area contributed by atoms with Crippen LogP contribution in [0, 0.1) is 0 Å². The summed E-state index contributed by atoms with van der Waals surface area (Å²) in [5.74, 6) is 1.89. The van der Waals surface area contributed by atoms with Crippen LogP contribution in [0.3, 0.4) is 0 Å². The van der Waals surface area contributed by atoms with E-state index >= 15 is 0 Å². The minimum Gasteiger partial charge on any atom is -0.342 e. The Kier molecular flexibility index (Phi) is 1.42. The standard InChI is InChI=1S/C11H12N2/c1-2-7-10-9(6-1)12-11(13-10)8-4-3-5-8/h1-2,6-8H,3-5H2,(H,12,13). The van der Waals surface area contributed by atoms with Crippen molar-refractivity contribution in [3.05, 3.63) is 30.1 Å². The molecule has 2 heteroatoms. The zero-order valence-electron chi connectivity index (χ0n) is 7.46. The molecular weight excluding hydrogens is 160 g/mol. The predicted molar refractivity (Wildman–Crippen MR) is 52.7 cm³/mol. The van der Waals surface area contributed by atoms with E-state index in [1.165, 1.54) is 30.6 Å². The Morgan fingerprint density at radius 3 is 2.77 bits per heavy atom. The van der Waals surface area contributed by atoms with Crippen molar-refractivity contribution >= 4 is 11.0 Å². The molecule has 66 valence electrons. The van der Waals surface area contributed by atoms with Crippen LogP contribution in [0.2, 0.25) is 0 Å². The highest BCUT2D eigenvalue weighted by Crippen LogP contribution is 2.35. The number of fused-ring (bicyclic) bond motifs is 1. The third kappa shape index (κ3) is 1.05. The molecule has 1 heterocycles. The monoisotopic (exact) mass is 172 g/mol. The fourth-order valence-corrected chi connectivity index (χ4v) is 1.85. The van der Waals surface area contributed by atoms with E-state index in [2.05, 4.69) is 22.1 Å². The normalized spacial score (nSPS) is 17.5. The van der Waals surface area contributed by atoms with Crippen LogP contribution in [0.4, 0.5) is 0 Å². The van der Waals surface area contributed by atoms with Gasteiger partial charge in [0.2, 0.25) is 0 Å². The van der Waals surface area contributed by atoms with E-state index in [9.17, 15) is 0 Å². The van der Waals surface area contributed by atoms with E-state index in [1.807, 2.05) is 12.1 Å². The number of hydrogen-bond acceptors (Lipinski definition) is 1. The van der Waals surface area contributed by atoms with Crippen LogP contribution in [0.5, 0.6) is 0 Å². The number of aromatic nitrogens is 2. The molecular formula is C11H12N2. The highest BCUT2D eigenvalue weighted by molar-refractivity contribution is 5.74. The molecule has 0 atom stereocenters. The first kappa shape index (κ1) is 7.13. The molecule has 1 aliphatic carbocycles. The van der Waals surface area contributed by atoms with Gasteiger partial charge in [-0.1, -0.05) is 18.6 Å². The molecule has 13 heavy (non-hydrogen) atoms. The first-order valence-corrected chi connectivity index (χ1v) is 4.88. The van der Waals surface area contributed by atoms with Gasteiger partial charge < -0.3 is 4.98 Å². The second-order valence-electron chi connectivity index (χ2n) is 3.77. The van der Waals surface area contributed by atoms with Crippen molar-refractivity contribution < 1.29 is 0 Å². The molecule has 1 aromatic heterocycles. The molecule has 0 bridgehead atoms. The Hall–Kier alpha value is -1.31. The Balaban J connectivity index is 2.10. The highest BCUT2D eigenvalue weighted by Gasteiger charge is 2.22. The van der Waals surface area contributed by atoms with Gasteiger partial charge in [0, 0.05) is 5.92 Å². The molecule has 2 aromatic rings. The van der Waals surface area contributed by atoms with Crippen molar-refractivity contribution in [2.75, 3.05) is 0 Å². The highest BCUT2D eigenvalue weighted by atomic mass is 14.9. The lowest BCUT2D eigenvalue weighted by Gasteiger charge is -2.22. The molecule has 1 saturated carbocycles. The Morgan fingerprint density at radius 2 is 2.08 bits per heavy atom. The maximum atomic E-state index is 4.58. The van der Waals surface area contributed by atoms with Crippen LogP contribution in [-0.4, -0.2) is 9.97 Å². The van der Waals surface area contributed by atoms with Crippen molar-refractivity contribution in [1.82, 2.24) is 9.97 Å². The maximum Gasteiger partial charge on any atom is 0.110 e. The van der Waals surface area contributed by atoms with Gasteiger partial charge >= 0.3 is 0 Å². The first-order valence-electron chi connectivity index (χ1n) is 4.88. The number of benzene rings is 1. The van der Waals surface area contributed by atoms with Crippen LogP contribution in [0.1, 0.15) is 31.0 Å². The van der Waals surface area contributed by atoms with Gasteiger partial charge in [-0.15, -0.1) is 0 Å². The summed E-state index contributed by atoms with van der Waals surface area (Å²) in [5, 5.41) is 0. The summed E-state index contributed by atoms with van der Waals surface area (Å²) in [7, 11) is 0. The third-order valence-corrected chi connectivity index (χ3v) is 2.90. The van der Waals surface area contributed by atoms with E-state index in [-0.39, 0.29) is 0 Å². The second-order valence-corrected chi connectivity index (χ2v) is 3.77. The molecule has 1 fully saturated rings. The summed E-state index contributed by atoms with van der Waals surface area (Å²) in [6.45, 7) is 0. The maximum absolute atomic E-state index is 4.58. The molecule has 0 saturated heterocycles. The molecule has 0 radical (unpaired) electrons. The number of nitrogens with zero attached hydrogens (tertiary/aromatic N) is 1. The Labute approximate surface area is 77.0 Å². The fraction of sp³-hybridized carbons (Fsp3) is 0.364. The van der Waals surface area contributed by atoms with Crippen molar-refractivity contribution in [2.24, 2.45) is 0 Å². The van der Waals surface area contributed by atoms with Gasteiger partial charge in [-0.3, -0.25) is 0 Å². The van der Waals surface area contributed by atoms with Crippen molar-refractivity contribution in [3.63, 3.8) is 0 Å². The van der Waals surface area contributed by atoms with E-state index in [4.69, 9.17) is 0 Å². The summed E-state index contributed by atoms with van der Waals surface area (Å²) >= 11 is 0. The number of imidazole rings is 1. The fourth-order valence-electron chi connectivity index (χ4n) is 1.85. The molecule has 0 amide bonds. The largest absolute Gasteiger partial charge is 0.342 e. The summed E-state index contributed by atoms with van der Waals surface area (Å²) < 4.78 is 0. The van der Waals surface area contributed by atoms with Crippen LogP contribution in [-0.2, 0) is 0 Å². The minimum absolute atomic E-state index is 0.701. The summed E-state index contributed by atoms with van der Waals surface area (Å²) in [4.78, 5) is 7.97. The molecule has 0 spiro atoms. The van der Waals surface area contributed by atoms with Gasteiger partial charge in [0.05, 0.1) is 11.0 Å². The molecule has 1 N–H and O–H groups in total. The van der Waals surface area contributed by atoms with E-state index in [0.29, 0.717) is 5.92 Å². The number of H-pyrrole nitrogens is 1. The SMILES string of the molecule is c1ccc2[nH]c(C3CCC3)nc2c1. The lowest BCUT2D eigenvalue weighted by molar-refractivity contribution is 0.405.